The van der Waals surface area contributed by atoms with Gasteiger partial charge in [0.05, 0.1) is 6.26 Å². The Bertz CT molecular complexity index is 516. The molecule has 1 aliphatic heterocycles. The minimum atomic E-state index is -3.03. The molecule has 1 aromatic heterocycles. The zero-order valence-electron chi connectivity index (χ0n) is 10.9. The molecule has 0 radical (unpaired) electrons. The monoisotopic (exact) mass is 366 g/mol. The van der Waals surface area contributed by atoms with Gasteiger partial charge < -0.3 is 5.32 Å². The molecule has 1 unspecified atom stereocenters. The Kier molecular flexibility index (Phi) is 5.42. The van der Waals surface area contributed by atoms with E-state index in [1.165, 1.54) is 11.1 Å². The van der Waals surface area contributed by atoms with E-state index in [9.17, 15) is 8.42 Å². The molecule has 0 amide bonds. The van der Waals surface area contributed by atoms with Gasteiger partial charge in [0, 0.05) is 29.0 Å². The van der Waals surface area contributed by atoms with Crippen molar-refractivity contribution in [3.8, 4) is 0 Å². The lowest BCUT2D eigenvalue weighted by Crippen LogP contribution is -2.42. The maximum absolute atomic E-state index is 11.5. The molecule has 19 heavy (non-hydrogen) atoms. The molecule has 0 aromatic carbocycles. The number of halogens is 1. The fraction of sp³-hybridized carbons (Fsp3) is 0.667. The molecule has 2 rings (SSSR count). The molecule has 0 spiro atoms. The van der Waals surface area contributed by atoms with Crippen LogP contribution < -0.4 is 5.32 Å². The smallest absolute Gasteiger partial charge is 0.211 e. The second-order valence-corrected chi connectivity index (χ2v) is 8.79. The highest BCUT2D eigenvalue weighted by molar-refractivity contribution is 9.10. The summed E-state index contributed by atoms with van der Waals surface area (Å²) in [6.07, 6.45) is 3.36. The third-order valence-corrected chi connectivity index (χ3v) is 6.56. The van der Waals surface area contributed by atoms with Crippen molar-refractivity contribution in [1.29, 1.82) is 0 Å². The van der Waals surface area contributed by atoms with Crippen molar-refractivity contribution in [1.82, 2.24) is 9.62 Å². The van der Waals surface area contributed by atoms with Gasteiger partial charge in [0.2, 0.25) is 10.0 Å². The standard InChI is InChI=1S/C12H19BrN2O2S2/c1-19(16,17)15-5-2-3-10(9-15)7-14-8-12-11(13)4-6-18-12/h4,6,10,14H,2-3,5,7-9H2,1H3. The molecule has 1 N–H and O–H groups in total. The Morgan fingerprint density at radius 1 is 1.58 bits per heavy atom. The van der Waals surface area contributed by atoms with Crippen LogP contribution in [0.25, 0.3) is 0 Å². The highest BCUT2D eigenvalue weighted by Crippen LogP contribution is 2.23. The number of nitrogens with one attached hydrogen (secondary N) is 1. The second-order valence-electron chi connectivity index (χ2n) is 4.95. The summed E-state index contributed by atoms with van der Waals surface area (Å²) in [5.74, 6) is 0.419. The van der Waals surface area contributed by atoms with Gasteiger partial charge in [0.15, 0.2) is 0 Å². The van der Waals surface area contributed by atoms with Crippen molar-refractivity contribution in [2.75, 3.05) is 25.9 Å². The Labute approximate surface area is 127 Å². The van der Waals surface area contributed by atoms with Crippen molar-refractivity contribution in [3.63, 3.8) is 0 Å². The third-order valence-electron chi connectivity index (χ3n) is 3.36. The van der Waals surface area contributed by atoms with Crippen LogP contribution in [-0.4, -0.2) is 38.6 Å². The molecule has 7 heteroatoms. The minimum Gasteiger partial charge on any atom is -0.311 e. The Hall–Kier alpha value is 0.0500. The summed E-state index contributed by atoms with van der Waals surface area (Å²) in [4.78, 5) is 1.29. The van der Waals surface area contributed by atoms with Crippen LogP contribution in [0.1, 0.15) is 17.7 Å². The zero-order chi connectivity index (χ0) is 13.9. The minimum absolute atomic E-state index is 0.419. The first kappa shape index (κ1) is 15.4. The van der Waals surface area contributed by atoms with Gasteiger partial charge in [-0.25, -0.2) is 12.7 Å². The van der Waals surface area contributed by atoms with Crippen molar-refractivity contribution >= 4 is 37.3 Å². The number of nitrogens with zero attached hydrogens (tertiary/aromatic N) is 1. The Balaban J connectivity index is 1.79. The van der Waals surface area contributed by atoms with E-state index in [-0.39, 0.29) is 0 Å². The molecule has 0 aliphatic carbocycles. The lowest BCUT2D eigenvalue weighted by Gasteiger charge is -2.31. The van der Waals surface area contributed by atoms with Crippen LogP contribution in [-0.2, 0) is 16.6 Å². The van der Waals surface area contributed by atoms with E-state index in [0.717, 1.165) is 30.4 Å². The van der Waals surface area contributed by atoms with Gasteiger partial charge >= 0.3 is 0 Å². The molecular formula is C12H19BrN2O2S2. The van der Waals surface area contributed by atoms with Crippen LogP contribution in [0, 0.1) is 5.92 Å². The van der Waals surface area contributed by atoms with Crippen molar-refractivity contribution in [3.05, 3.63) is 20.8 Å². The first-order chi connectivity index (χ1) is 8.97. The van der Waals surface area contributed by atoms with Crippen LogP contribution >= 0.6 is 27.3 Å². The zero-order valence-corrected chi connectivity index (χ0v) is 14.2. The van der Waals surface area contributed by atoms with E-state index in [1.54, 1.807) is 15.6 Å². The van der Waals surface area contributed by atoms with Gasteiger partial charge in [0.1, 0.15) is 0 Å². The predicted molar refractivity (Wildman–Crippen MR) is 82.9 cm³/mol. The Morgan fingerprint density at radius 3 is 3.00 bits per heavy atom. The van der Waals surface area contributed by atoms with Crippen LogP contribution in [0.5, 0.6) is 0 Å². The molecule has 0 saturated carbocycles. The van der Waals surface area contributed by atoms with E-state index < -0.39 is 10.0 Å². The van der Waals surface area contributed by atoms with Crippen molar-refractivity contribution in [2.24, 2.45) is 5.92 Å². The lowest BCUT2D eigenvalue weighted by molar-refractivity contribution is 0.261. The fourth-order valence-corrected chi connectivity index (χ4v) is 4.74. The van der Waals surface area contributed by atoms with Crippen LogP contribution in [0.15, 0.2) is 15.9 Å². The highest BCUT2D eigenvalue weighted by atomic mass is 79.9. The molecular weight excluding hydrogens is 348 g/mol. The maximum atomic E-state index is 11.5. The molecule has 1 aromatic rings. The summed E-state index contributed by atoms with van der Waals surface area (Å²) in [5, 5.41) is 5.49. The SMILES string of the molecule is CS(=O)(=O)N1CCCC(CNCc2sccc2Br)C1. The van der Waals surface area contributed by atoms with Crippen molar-refractivity contribution < 1.29 is 8.42 Å². The predicted octanol–water partition coefficient (Wildman–Crippen LogP) is 2.27. The average molecular weight is 367 g/mol. The van der Waals surface area contributed by atoms with E-state index in [0.29, 0.717) is 19.0 Å². The summed E-state index contributed by atoms with van der Waals surface area (Å²) in [6, 6.07) is 2.05. The molecule has 1 aliphatic rings. The van der Waals surface area contributed by atoms with Gasteiger partial charge in [-0.05, 0) is 52.7 Å². The number of piperidine rings is 1. The molecule has 1 saturated heterocycles. The van der Waals surface area contributed by atoms with Crippen LogP contribution in [0.2, 0.25) is 0 Å². The molecule has 1 fully saturated rings. The number of thiophene rings is 1. The number of rotatable bonds is 5. The summed E-state index contributed by atoms with van der Waals surface area (Å²) < 4.78 is 25.8. The number of hydrogen-bond acceptors (Lipinski definition) is 4. The number of sulfonamides is 1. The molecule has 4 nitrogen and oxygen atoms in total. The lowest BCUT2D eigenvalue weighted by atomic mass is 10.00. The van der Waals surface area contributed by atoms with Gasteiger partial charge in [-0.3, -0.25) is 0 Å². The summed E-state index contributed by atoms with van der Waals surface area (Å²) in [7, 11) is -3.03. The van der Waals surface area contributed by atoms with Gasteiger partial charge in [0.25, 0.3) is 0 Å². The normalized spacial score (nSPS) is 21.7. The van der Waals surface area contributed by atoms with Gasteiger partial charge in [-0.15, -0.1) is 11.3 Å². The van der Waals surface area contributed by atoms with Crippen LogP contribution in [0.4, 0.5) is 0 Å². The van der Waals surface area contributed by atoms with Crippen LogP contribution in [0.3, 0.4) is 0 Å². The van der Waals surface area contributed by atoms with E-state index in [2.05, 4.69) is 26.6 Å². The highest BCUT2D eigenvalue weighted by Gasteiger charge is 2.25. The largest absolute Gasteiger partial charge is 0.311 e. The summed E-state index contributed by atoms with van der Waals surface area (Å²) in [6.45, 7) is 3.03. The summed E-state index contributed by atoms with van der Waals surface area (Å²) in [5.41, 5.74) is 0. The van der Waals surface area contributed by atoms with E-state index in [4.69, 9.17) is 0 Å². The topological polar surface area (TPSA) is 49.4 Å². The molecule has 2 heterocycles. The van der Waals surface area contributed by atoms with Crippen molar-refractivity contribution in [2.45, 2.75) is 19.4 Å². The third kappa shape index (κ3) is 4.53. The molecule has 1 atom stereocenters. The molecule has 108 valence electrons. The quantitative estimate of drug-likeness (QED) is 0.869. The average Bonchev–Trinajstić information content (AvgIpc) is 2.75. The Morgan fingerprint density at radius 2 is 2.37 bits per heavy atom. The number of hydrogen-bond donors (Lipinski definition) is 1. The van der Waals surface area contributed by atoms with Gasteiger partial charge in [-0.2, -0.15) is 0 Å². The fourth-order valence-electron chi connectivity index (χ4n) is 2.34. The molecule has 0 bridgehead atoms. The first-order valence-electron chi connectivity index (χ1n) is 6.34. The second kappa shape index (κ2) is 6.67. The van der Waals surface area contributed by atoms with E-state index >= 15 is 0 Å². The van der Waals surface area contributed by atoms with Gasteiger partial charge in [-0.1, -0.05) is 0 Å². The first-order valence-corrected chi connectivity index (χ1v) is 9.86. The summed E-state index contributed by atoms with van der Waals surface area (Å²) >= 11 is 5.24. The maximum Gasteiger partial charge on any atom is 0.211 e. The van der Waals surface area contributed by atoms with E-state index in [1.807, 2.05) is 6.07 Å².